The smallest absolute Gasteiger partial charge is 0.239 e. The summed E-state index contributed by atoms with van der Waals surface area (Å²) in [5.74, 6) is -0.747. The monoisotopic (exact) mass is 399 g/mol. The Bertz CT molecular complexity index is 695. The Morgan fingerprint density at radius 1 is 1.03 bits per heavy atom. The van der Waals surface area contributed by atoms with E-state index in [9.17, 15) is 9.59 Å². The summed E-state index contributed by atoms with van der Waals surface area (Å²) in [4.78, 5) is 30.1. The zero-order valence-corrected chi connectivity index (χ0v) is 17.3. The van der Waals surface area contributed by atoms with Crippen molar-refractivity contribution >= 4 is 17.5 Å². The zero-order chi connectivity index (χ0) is 20.1. The lowest BCUT2D eigenvalue weighted by molar-refractivity contribution is -0.132. The average Bonchev–Trinajstić information content (AvgIpc) is 2.99. The lowest BCUT2D eigenvalue weighted by Gasteiger charge is -2.46. The van der Waals surface area contributed by atoms with Crippen molar-refractivity contribution in [2.24, 2.45) is 5.92 Å². The Kier molecular flexibility index (Phi) is 6.50. The van der Waals surface area contributed by atoms with E-state index in [0.717, 1.165) is 44.8 Å². The quantitative estimate of drug-likeness (QED) is 0.611. The SMILES string of the molecule is O=C(NCC1(N2CCOCC2)CCCCCC1)C1CCN(c2ccccc2)C1=O. The second-order valence-corrected chi connectivity index (χ2v) is 8.62. The molecule has 6 heteroatoms. The number of anilines is 1. The van der Waals surface area contributed by atoms with Crippen molar-refractivity contribution < 1.29 is 14.3 Å². The first-order chi connectivity index (χ1) is 14.2. The van der Waals surface area contributed by atoms with E-state index in [2.05, 4.69) is 10.2 Å². The normalized spacial score (nSPS) is 25.6. The molecule has 1 unspecified atom stereocenters. The van der Waals surface area contributed by atoms with Crippen LogP contribution in [0.25, 0.3) is 0 Å². The number of carbonyl (C=O) groups is 2. The highest BCUT2D eigenvalue weighted by Crippen LogP contribution is 2.33. The highest BCUT2D eigenvalue weighted by Gasteiger charge is 2.41. The van der Waals surface area contributed by atoms with Gasteiger partial charge in [0.15, 0.2) is 0 Å². The fourth-order valence-electron chi connectivity index (χ4n) is 5.19. The van der Waals surface area contributed by atoms with Gasteiger partial charge in [0.1, 0.15) is 5.92 Å². The first kappa shape index (κ1) is 20.4. The molecule has 6 nitrogen and oxygen atoms in total. The van der Waals surface area contributed by atoms with Crippen molar-refractivity contribution in [2.75, 3.05) is 44.3 Å². The molecule has 158 valence electrons. The summed E-state index contributed by atoms with van der Waals surface area (Å²) in [6.07, 6.45) is 7.77. The van der Waals surface area contributed by atoms with Crippen LogP contribution in [0.4, 0.5) is 5.69 Å². The van der Waals surface area contributed by atoms with Crippen LogP contribution in [0.1, 0.15) is 44.9 Å². The van der Waals surface area contributed by atoms with E-state index < -0.39 is 5.92 Å². The summed E-state index contributed by atoms with van der Waals surface area (Å²) < 4.78 is 5.56. The molecule has 2 saturated heterocycles. The second kappa shape index (κ2) is 9.26. The van der Waals surface area contributed by atoms with Crippen LogP contribution < -0.4 is 10.2 Å². The molecule has 3 aliphatic rings. The summed E-state index contributed by atoms with van der Waals surface area (Å²) >= 11 is 0. The molecule has 2 heterocycles. The number of morpholine rings is 1. The topological polar surface area (TPSA) is 61.9 Å². The number of hydrogen-bond acceptors (Lipinski definition) is 4. The van der Waals surface area contributed by atoms with Gasteiger partial charge in [-0.25, -0.2) is 0 Å². The Labute approximate surface area is 173 Å². The van der Waals surface area contributed by atoms with Crippen LogP contribution in [0, 0.1) is 5.92 Å². The number of carbonyl (C=O) groups excluding carboxylic acids is 2. The maximum absolute atomic E-state index is 13.0. The van der Waals surface area contributed by atoms with Gasteiger partial charge in [-0.1, -0.05) is 43.9 Å². The van der Waals surface area contributed by atoms with E-state index in [-0.39, 0.29) is 17.4 Å². The lowest BCUT2D eigenvalue weighted by Crippen LogP contribution is -2.59. The number of nitrogens with one attached hydrogen (secondary N) is 1. The standard InChI is InChI=1S/C23H33N3O3/c27-21(20-10-13-26(22(20)28)19-8-4-3-5-9-19)24-18-23(11-6-1-2-7-12-23)25-14-16-29-17-15-25/h3-5,8-9,20H,1-2,6-7,10-18H2,(H,24,27). The molecule has 1 aromatic rings. The van der Waals surface area contributed by atoms with Crippen LogP contribution in [0.5, 0.6) is 0 Å². The molecule has 1 saturated carbocycles. The van der Waals surface area contributed by atoms with E-state index in [1.165, 1.54) is 25.7 Å². The Balaban J connectivity index is 1.41. The van der Waals surface area contributed by atoms with Gasteiger partial charge in [-0.3, -0.25) is 14.5 Å². The molecule has 0 aromatic heterocycles. The van der Waals surface area contributed by atoms with Gasteiger partial charge in [0, 0.05) is 37.4 Å². The van der Waals surface area contributed by atoms with Crippen molar-refractivity contribution in [2.45, 2.75) is 50.5 Å². The summed E-state index contributed by atoms with van der Waals surface area (Å²) in [6, 6.07) is 9.64. The van der Waals surface area contributed by atoms with Crippen LogP contribution in [-0.2, 0) is 14.3 Å². The molecule has 1 aliphatic carbocycles. The predicted octanol–water partition coefficient (Wildman–Crippen LogP) is 2.58. The van der Waals surface area contributed by atoms with E-state index in [1.807, 2.05) is 30.3 Å². The van der Waals surface area contributed by atoms with E-state index >= 15 is 0 Å². The van der Waals surface area contributed by atoms with Crippen molar-refractivity contribution in [1.29, 1.82) is 0 Å². The highest BCUT2D eigenvalue weighted by molar-refractivity contribution is 6.09. The summed E-state index contributed by atoms with van der Waals surface area (Å²) in [5.41, 5.74) is 0.887. The number of para-hydroxylation sites is 1. The molecule has 1 aromatic carbocycles. The maximum Gasteiger partial charge on any atom is 0.239 e. The third kappa shape index (κ3) is 4.48. The third-order valence-electron chi connectivity index (χ3n) is 6.90. The van der Waals surface area contributed by atoms with Crippen molar-refractivity contribution in [3.8, 4) is 0 Å². The van der Waals surface area contributed by atoms with Gasteiger partial charge in [-0.15, -0.1) is 0 Å². The molecule has 0 radical (unpaired) electrons. The summed E-state index contributed by atoms with van der Waals surface area (Å²) in [6.45, 7) is 4.64. The largest absolute Gasteiger partial charge is 0.379 e. The molecule has 3 fully saturated rings. The molecule has 0 bridgehead atoms. The van der Waals surface area contributed by atoms with Gasteiger partial charge in [0.05, 0.1) is 13.2 Å². The zero-order valence-electron chi connectivity index (χ0n) is 17.3. The summed E-state index contributed by atoms with van der Waals surface area (Å²) in [5, 5.41) is 3.19. The first-order valence-electron chi connectivity index (χ1n) is 11.2. The van der Waals surface area contributed by atoms with E-state index in [1.54, 1.807) is 4.90 Å². The Morgan fingerprint density at radius 2 is 1.72 bits per heavy atom. The van der Waals surface area contributed by atoms with Gasteiger partial charge < -0.3 is 15.0 Å². The molecule has 1 N–H and O–H groups in total. The highest BCUT2D eigenvalue weighted by atomic mass is 16.5. The minimum Gasteiger partial charge on any atom is -0.379 e. The van der Waals surface area contributed by atoms with Crippen LogP contribution in [0.2, 0.25) is 0 Å². The van der Waals surface area contributed by atoms with Gasteiger partial charge in [-0.2, -0.15) is 0 Å². The second-order valence-electron chi connectivity index (χ2n) is 8.62. The van der Waals surface area contributed by atoms with Gasteiger partial charge in [0.25, 0.3) is 0 Å². The summed E-state index contributed by atoms with van der Waals surface area (Å²) in [7, 11) is 0. The van der Waals surface area contributed by atoms with Gasteiger partial charge in [-0.05, 0) is 31.4 Å². The number of amides is 2. The molecule has 0 spiro atoms. The van der Waals surface area contributed by atoms with Crippen molar-refractivity contribution in [3.63, 3.8) is 0 Å². The first-order valence-corrected chi connectivity index (χ1v) is 11.2. The number of nitrogens with zero attached hydrogens (tertiary/aromatic N) is 2. The molecular formula is C23H33N3O3. The van der Waals surface area contributed by atoms with Crippen molar-refractivity contribution in [3.05, 3.63) is 30.3 Å². The van der Waals surface area contributed by atoms with Crippen molar-refractivity contribution in [1.82, 2.24) is 10.2 Å². The van der Waals surface area contributed by atoms with E-state index in [4.69, 9.17) is 4.74 Å². The molecular weight excluding hydrogens is 366 g/mol. The lowest BCUT2D eigenvalue weighted by atomic mass is 9.87. The molecule has 2 aliphatic heterocycles. The van der Waals surface area contributed by atoms with Crippen LogP contribution in [0.3, 0.4) is 0 Å². The third-order valence-corrected chi connectivity index (χ3v) is 6.90. The molecule has 29 heavy (non-hydrogen) atoms. The van der Waals surface area contributed by atoms with E-state index in [0.29, 0.717) is 19.5 Å². The minimum absolute atomic E-state index is 0.0106. The number of hydrogen-bond donors (Lipinski definition) is 1. The molecule has 2 amide bonds. The predicted molar refractivity (Wildman–Crippen MR) is 113 cm³/mol. The number of ether oxygens (including phenoxy) is 1. The minimum atomic E-state index is -0.567. The van der Waals surface area contributed by atoms with Crippen LogP contribution >= 0.6 is 0 Å². The Morgan fingerprint density at radius 3 is 2.41 bits per heavy atom. The molecule has 1 atom stereocenters. The average molecular weight is 400 g/mol. The fourth-order valence-corrected chi connectivity index (χ4v) is 5.19. The maximum atomic E-state index is 13.0. The van der Waals surface area contributed by atoms with Gasteiger partial charge >= 0.3 is 0 Å². The van der Waals surface area contributed by atoms with Crippen LogP contribution in [0.15, 0.2) is 30.3 Å². The number of rotatable bonds is 5. The fraction of sp³-hybridized carbons (Fsp3) is 0.652. The van der Waals surface area contributed by atoms with Crippen LogP contribution in [-0.4, -0.2) is 61.6 Å². The molecule has 4 rings (SSSR count). The Hall–Kier alpha value is -1.92. The number of benzene rings is 1. The van der Waals surface area contributed by atoms with Gasteiger partial charge in [0.2, 0.25) is 11.8 Å².